The second-order valence-corrected chi connectivity index (χ2v) is 5.90. The summed E-state index contributed by atoms with van der Waals surface area (Å²) >= 11 is 0. The summed E-state index contributed by atoms with van der Waals surface area (Å²) in [5, 5.41) is 6.56. The standard InChI is InChI=1S/C18H29N3O3/c1-15(12-24-17-8-10-22-14-17)21-18(19-2)20-9-11-23-13-16-6-4-3-5-7-16/h3-7,15,17H,8-14H2,1-2H3,(H2,19,20,21). The largest absolute Gasteiger partial charge is 0.379 e. The second-order valence-electron chi connectivity index (χ2n) is 5.90. The van der Waals surface area contributed by atoms with Gasteiger partial charge in [0.05, 0.1) is 32.5 Å². The number of hydrogen-bond acceptors (Lipinski definition) is 4. The van der Waals surface area contributed by atoms with Gasteiger partial charge < -0.3 is 24.8 Å². The zero-order valence-corrected chi connectivity index (χ0v) is 14.7. The molecule has 24 heavy (non-hydrogen) atoms. The molecule has 0 aromatic heterocycles. The highest BCUT2D eigenvalue weighted by atomic mass is 16.5. The van der Waals surface area contributed by atoms with E-state index in [0.717, 1.165) is 19.0 Å². The molecular formula is C18H29N3O3. The van der Waals surface area contributed by atoms with Gasteiger partial charge in [0, 0.05) is 26.2 Å². The predicted octanol–water partition coefficient (Wildman–Crippen LogP) is 1.56. The quantitative estimate of drug-likeness (QED) is 0.407. The normalized spacial score (nSPS) is 19.2. The van der Waals surface area contributed by atoms with Crippen LogP contribution in [0.3, 0.4) is 0 Å². The topological polar surface area (TPSA) is 64.1 Å². The number of rotatable bonds is 9. The zero-order chi connectivity index (χ0) is 17.0. The Labute approximate surface area is 144 Å². The van der Waals surface area contributed by atoms with Crippen LogP contribution in [-0.2, 0) is 20.8 Å². The Bertz CT molecular complexity index is 476. The average Bonchev–Trinajstić information content (AvgIpc) is 3.13. The van der Waals surface area contributed by atoms with Crippen LogP contribution in [0, 0.1) is 0 Å². The third-order valence-corrected chi connectivity index (χ3v) is 3.73. The van der Waals surface area contributed by atoms with Gasteiger partial charge in [0.1, 0.15) is 0 Å². The number of guanidine groups is 1. The lowest BCUT2D eigenvalue weighted by atomic mass is 10.2. The molecule has 6 nitrogen and oxygen atoms in total. The van der Waals surface area contributed by atoms with Crippen molar-refractivity contribution in [2.45, 2.75) is 32.1 Å². The molecular weight excluding hydrogens is 306 g/mol. The van der Waals surface area contributed by atoms with E-state index in [0.29, 0.717) is 33.0 Å². The Hall–Kier alpha value is -1.63. The first-order valence-electron chi connectivity index (χ1n) is 8.56. The van der Waals surface area contributed by atoms with Crippen molar-refractivity contribution in [3.8, 4) is 0 Å². The van der Waals surface area contributed by atoms with Gasteiger partial charge in [0.25, 0.3) is 0 Å². The molecule has 6 heteroatoms. The van der Waals surface area contributed by atoms with Crippen LogP contribution in [0.2, 0.25) is 0 Å². The summed E-state index contributed by atoms with van der Waals surface area (Å²) in [7, 11) is 1.76. The Morgan fingerprint density at radius 3 is 2.92 bits per heavy atom. The molecule has 2 rings (SSSR count). The molecule has 2 unspecified atom stereocenters. The highest BCUT2D eigenvalue weighted by molar-refractivity contribution is 5.79. The number of hydrogen-bond donors (Lipinski definition) is 2. The highest BCUT2D eigenvalue weighted by Gasteiger charge is 2.17. The number of nitrogens with zero attached hydrogens (tertiary/aromatic N) is 1. The number of benzene rings is 1. The summed E-state index contributed by atoms with van der Waals surface area (Å²) in [6, 6.07) is 10.3. The first kappa shape index (κ1) is 18.7. The Balaban J connectivity index is 1.54. The minimum atomic E-state index is 0.182. The van der Waals surface area contributed by atoms with Gasteiger partial charge >= 0.3 is 0 Å². The van der Waals surface area contributed by atoms with Gasteiger partial charge in [-0.1, -0.05) is 30.3 Å². The molecule has 1 aliphatic heterocycles. The fourth-order valence-electron chi connectivity index (χ4n) is 2.40. The summed E-state index contributed by atoms with van der Waals surface area (Å²) in [6.45, 7) is 6.18. The molecule has 1 saturated heterocycles. The van der Waals surface area contributed by atoms with E-state index in [2.05, 4.69) is 34.7 Å². The minimum absolute atomic E-state index is 0.182. The van der Waals surface area contributed by atoms with Crippen molar-refractivity contribution in [2.24, 2.45) is 4.99 Å². The van der Waals surface area contributed by atoms with E-state index in [1.807, 2.05) is 18.2 Å². The van der Waals surface area contributed by atoms with E-state index < -0.39 is 0 Å². The third kappa shape index (κ3) is 7.29. The van der Waals surface area contributed by atoms with Crippen LogP contribution < -0.4 is 10.6 Å². The average molecular weight is 335 g/mol. The Kier molecular flexibility index (Phi) is 8.59. The fourth-order valence-corrected chi connectivity index (χ4v) is 2.40. The van der Waals surface area contributed by atoms with Crippen molar-refractivity contribution in [2.75, 3.05) is 40.0 Å². The van der Waals surface area contributed by atoms with Crippen molar-refractivity contribution in [1.29, 1.82) is 0 Å². The zero-order valence-electron chi connectivity index (χ0n) is 14.7. The van der Waals surface area contributed by atoms with Crippen LogP contribution in [0.25, 0.3) is 0 Å². The summed E-state index contributed by atoms with van der Waals surface area (Å²) < 4.78 is 16.8. The lowest BCUT2D eigenvalue weighted by Crippen LogP contribution is -2.45. The minimum Gasteiger partial charge on any atom is -0.379 e. The SMILES string of the molecule is CN=C(NCCOCc1ccccc1)NC(C)COC1CCOC1. The molecule has 1 aromatic rings. The van der Waals surface area contributed by atoms with Gasteiger partial charge in [-0.15, -0.1) is 0 Å². The van der Waals surface area contributed by atoms with E-state index >= 15 is 0 Å². The Morgan fingerprint density at radius 1 is 1.38 bits per heavy atom. The summed E-state index contributed by atoms with van der Waals surface area (Å²) in [4.78, 5) is 4.22. The molecule has 1 aliphatic rings. The van der Waals surface area contributed by atoms with Gasteiger partial charge in [0.15, 0.2) is 5.96 Å². The van der Waals surface area contributed by atoms with Crippen molar-refractivity contribution in [1.82, 2.24) is 10.6 Å². The third-order valence-electron chi connectivity index (χ3n) is 3.73. The summed E-state index contributed by atoms with van der Waals surface area (Å²) in [5.41, 5.74) is 1.18. The number of nitrogens with one attached hydrogen (secondary N) is 2. The summed E-state index contributed by atoms with van der Waals surface area (Å²) in [6.07, 6.45) is 1.22. The molecule has 134 valence electrons. The van der Waals surface area contributed by atoms with E-state index in [4.69, 9.17) is 14.2 Å². The lowest BCUT2D eigenvalue weighted by molar-refractivity contribution is 0.0347. The Morgan fingerprint density at radius 2 is 2.21 bits per heavy atom. The van der Waals surface area contributed by atoms with Crippen LogP contribution in [-0.4, -0.2) is 58.1 Å². The maximum Gasteiger partial charge on any atom is 0.191 e. The highest BCUT2D eigenvalue weighted by Crippen LogP contribution is 2.08. The van der Waals surface area contributed by atoms with E-state index in [9.17, 15) is 0 Å². The van der Waals surface area contributed by atoms with E-state index in [-0.39, 0.29) is 12.1 Å². The molecule has 0 amide bonds. The monoisotopic (exact) mass is 335 g/mol. The first-order chi connectivity index (χ1) is 11.8. The number of ether oxygens (including phenoxy) is 3. The molecule has 0 spiro atoms. The molecule has 2 atom stereocenters. The maximum absolute atomic E-state index is 5.81. The molecule has 0 saturated carbocycles. The molecule has 0 bridgehead atoms. The van der Waals surface area contributed by atoms with Gasteiger partial charge in [0.2, 0.25) is 0 Å². The van der Waals surface area contributed by atoms with E-state index in [1.165, 1.54) is 5.56 Å². The van der Waals surface area contributed by atoms with Crippen molar-refractivity contribution in [3.63, 3.8) is 0 Å². The van der Waals surface area contributed by atoms with Crippen LogP contribution in [0.5, 0.6) is 0 Å². The maximum atomic E-state index is 5.81. The van der Waals surface area contributed by atoms with Crippen molar-refractivity contribution >= 4 is 5.96 Å². The molecule has 0 radical (unpaired) electrons. The van der Waals surface area contributed by atoms with Gasteiger partial charge in [-0.25, -0.2) is 0 Å². The number of aliphatic imine (C=N–C) groups is 1. The molecule has 1 aromatic carbocycles. The van der Waals surface area contributed by atoms with Crippen LogP contribution in [0.4, 0.5) is 0 Å². The van der Waals surface area contributed by atoms with Gasteiger partial charge in [-0.2, -0.15) is 0 Å². The van der Waals surface area contributed by atoms with Crippen molar-refractivity contribution in [3.05, 3.63) is 35.9 Å². The van der Waals surface area contributed by atoms with Crippen LogP contribution >= 0.6 is 0 Å². The first-order valence-corrected chi connectivity index (χ1v) is 8.56. The van der Waals surface area contributed by atoms with E-state index in [1.54, 1.807) is 7.05 Å². The molecule has 1 heterocycles. The summed E-state index contributed by atoms with van der Waals surface area (Å²) in [5.74, 6) is 0.761. The second kappa shape index (κ2) is 11.0. The van der Waals surface area contributed by atoms with Crippen LogP contribution in [0.15, 0.2) is 35.3 Å². The molecule has 1 fully saturated rings. The van der Waals surface area contributed by atoms with Gasteiger partial charge in [-0.3, -0.25) is 4.99 Å². The predicted molar refractivity (Wildman–Crippen MR) is 95.2 cm³/mol. The fraction of sp³-hybridized carbons (Fsp3) is 0.611. The molecule has 2 N–H and O–H groups in total. The van der Waals surface area contributed by atoms with Crippen molar-refractivity contribution < 1.29 is 14.2 Å². The molecule has 0 aliphatic carbocycles. The van der Waals surface area contributed by atoms with Gasteiger partial charge in [-0.05, 0) is 18.9 Å². The lowest BCUT2D eigenvalue weighted by Gasteiger charge is -2.19. The smallest absolute Gasteiger partial charge is 0.191 e. The van der Waals surface area contributed by atoms with Crippen LogP contribution in [0.1, 0.15) is 18.9 Å².